The molecule has 0 heterocycles. The largest absolute Gasteiger partial charge is 0.391 e. The molecule has 0 aliphatic heterocycles. The van der Waals surface area contributed by atoms with E-state index in [1.54, 1.807) is 20.3 Å². The molecule has 10 N–H and O–H groups in total. The summed E-state index contributed by atoms with van der Waals surface area (Å²) in [5, 5.41) is 17.5. The van der Waals surface area contributed by atoms with E-state index in [0.29, 0.717) is 38.8 Å². The monoisotopic (exact) mass is 553 g/mol. The highest BCUT2D eigenvalue weighted by molar-refractivity contribution is 5.90. The number of nitrogens with zero attached hydrogens (tertiary/aromatic N) is 1. The van der Waals surface area contributed by atoms with Crippen molar-refractivity contribution in [3.05, 3.63) is 12.8 Å². The van der Waals surface area contributed by atoms with Crippen LogP contribution in [-0.4, -0.2) is 88.4 Å². The zero-order valence-corrected chi connectivity index (χ0v) is 23.7. The molecule has 0 saturated heterocycles. The Balaban J connectivity index is 4.74. The zero-order valence-electron chi connectivity index (χ0n) is 23.7. The van der Waals surface area contributed by atoms with Crippen LogP contribution in [-0.2, 0) is 19.2 Å². The zero-order chi connectivity index (χ0) is 29.3. The summed E-state index contributed by atoms with van der Waals surface area (Å²) >= 11 is 0. The molecule has 0 aromatic rings. The van der Waals surface area contributed by atoms with Gasteiger partial charge in [-0.2, -0.15) is 0 Å². The van der Waals surface area contributed by atoms with Crippen molar-refractivity contribution >= 4 is 30.0 Å². The summed E-state index contributed by atoms with van der Waals surface area (Å²) in [6.45, 7) is 5.60. The fourth-order valence-electron chi connectivity index (χ4n) is 3.90. The lowest BCUT2D eigenvalue weighted by atomic mass is 10.1. The topological polar surface area (TPSA) is 205 Å². The van der Waals surface area contributed by atoms with E-state index < -0.39 is 18.0 Å². The van der Waals surface area contributed by atoms with E-state index in [-0.39, 0.29) is 36.7 Å². The summed E-state index contributed by atoms with van der Waals surface area (Å²) in [6, 6.07) is -1.50. The van der Waals surface area contributed by atoms with E-state index in [4.69, 9.17) is 11.5 Å². The Labute approximate surface area is 233 Å². The standard InChI is InChI=1S/C26H51N9O4/c1-4-31-15-8-5-11-20(29-2)24(37)33-17-10-7-13-22(25(38)34-18-14-23(28)36)35-26(39)21(30-3)12-6-9-16-32-19-27/h4,19-22,29-31H,1,5-18H2,2-3H3,(H2,27,32)(H2,28,36)(H,33,37)(H,34,38)(H,35,39)/t20-,21?,22-/m0/s1. The highest BCUT2D eigenvalue weighted by Crippen LogP contribution is 2.06. The van der Waals surface area contributed by atoms with Crippen LogP contribution in [0.15, 0.2) is 17.8 Å². The number of amides is 4. The van der Waals surface area contributed by atoms with E-state index in [1.165, 1.54) is 6.34 Å². The summed E-state index contributed by atoms with van der Waals surface area (Å²) in [5.41, 5.74) is 10.4. The summed E-state index contributed by atoms with van der Waals surface area (Å²) < 4.78 is 0. The highest BCUT2D eigenvalue weighted by Gasteiger charge is 2.24. The molecule has 0 rings (SSSR count). The number of aliphatic imine (C=N–C) groups is 1. The minimum Gasteiger partial charge on any atom is -0.391 e. The van der Waals surface area contributed by atoms with Crippen LogP contribution in [0.25, 0.3) is 0 Å². The number of carbonyl (C=O) groups excluding carboxylic acids is 4. The Kier molecular flexibility index (Phi) is 21.9. The number of nitrogens with two attached hydrogens (primary N) is 2. The van der Waals surface area contributed by atoms with Gasteiger partial charge < -0.3 is 43.4 Å². The fourth-order valence-corrected chi connectivity index (χ4v) is 3.90. The summed E-state index contributed by atoms with van der Waals surface area (Å²) in [4.78, 5) is 53.1. The van der Waals surface area contributed by atoms with Gasteiger partial charge >= 0.3 is 0 Å². The molecule has 13 nitrogen and oxygen atoms in total. The van der Waals surface area contributed by atoms with E-state index in [0.717, 1.165) is 38.6 Å². The normalized spacial score (nSPS) is 13.3. The maximum absolute atomic E-state index is 12.9. The van der Waals surface area contributed by atoms with Gasteiger partial charge in [-0.3, -0.25) is 24.2 Å². The molecular weight excluding hydrogens is 502 g/mol. The van der Waals surface area contributed by atoms with Gasteiger partial charge in [0.1, 0.15) is 6.04 Å². The lowest BCUT2D eigenvalue weighted by Gasteiger charge is -2.22. The van der Waals surface area contributed by atoms with Gasteiger partial charge in [-0.1, -0.05) is 6.58 Å². The molecule has 13 heteroatoms. The third-order valence-electron chi connectivity index (χ3n) is 6.20. The Morgan fingerprint density at radius 1 is 0.769 bits per heavy atom. The molecule has 0 aromatic heterocycles. The molecule has 224 valence electrons. The maximum atomic E-state index is 12.9. The molecule has 0 aromatic carbocycles. The van der Waals surface area contributed by atoms with Gasteiger partial charge in [-0.15, -0.1) is 0 Å². The second kappa shape index (κ2) is 23.9. The molecule has 0 aliphatic carbocycles. The van der Waals surface area contributed by atoms with Crippen molar-refractivity contribution in [2.24, 2.45) is 16.5 Å². The van der Waals surface area contributed by atoms with Crippen molar-refractivity contribution in [1.29, 1.82) is 0 Å². The van der Waals surface area contributed by atoms with E-state index in [9.17, 15) is 19.2 Å². The van der Waals surface area contributed by atoms with Crippen LogP contribution in [0.1, 0.15) is 64.2 Å². The quantitative estimate of drug-likeness (QED) is 0.0398. The summed E-state index contributed by atoms with van der Waals surface area (Å²) in [6.07, 6.45) is 9.30. The van der Waals surface area contributed by atoms with Gasteiger partial charge in [-0.05, 0) is 78.1 Å². The second-order valence-electron chi connectivity index (χ2n) is 9.24. The van der Waals surface area contributed by atoms with E-state index in [2.05, 4.69) is 43.5 Å². The number of carbonyl (C=O) groups is 4. The predicted molar refractivity (Wildman–Crippen MR) is 155 cm³/mol. The number of unbranched alkanes of at least 4 members (excludes halogenated alkanes) is 3. The van der Waals surface area contributed by atoms with Gasteiger partial charge in [-0.25, -0.2) is 0 Å². The molecule has 0 spiro atoms. The Morgan fingerprint density at radius 2 is 1.31 bits per heavy atom. The van der Waals surface area contributed by atoms with Gasteiger partial charge in [0.25, 0.3) is 0 Å². The van der Waals surface area contributed by atoms with E-state index in [1.807, 2.05) is 0 Å². The van der Waals surface area contributed by atoms with Crippen molar-refractivity contribution in [3.63, 3.8) is 0 Å². The first kappa shape index (κ1) is 35.8. The third kappa shape index (κ3) is 18.7. The SMILES string of the molecule is C=CNCCCC[C@H](NC)C(=O)NCCCC[C@H](NC(=O)C(CCCCN=CN)NC)C(=O)NCCC(N)=O. The Morgan fingerprint density at radius 3 is 1.90 bits per heavy atom. The fraction of sp³-hybridized carbons (Fsp3) is 0.731. The first-order valence-electron chi connectivity index (χ1n) is 13.8. The van der Waals surface area contributed by atoms with Crippen LogP contribution < -0.4 is 43.4 Å². The minimum atomic E-state index is -0.770. The second-order valence-corrected chi connectivity index (χ2v) is 9.24. The number of hydrogen-bond acceptors (Lipinski definition) is 8. The van der Waals surface area contributed by atoms with Crippen LogP contribution in [0.4, 0.5) is 0 Å². The molecule has 4 amide bonds. The number of primary amides is 1. The molecular formula is C26H51N9O4. The molecule has 1 unspecified atom stereocenters. The Bertz CT molecular complexity index is 749. The van der Waals surface area contributed by atoms with Crippen LogP contribution in [0, 0.1) is 0 Å². The smallest absolute Gasteiger partial charge is 0.242 e. The summed E-state index contributed by atoms with van der Waals surface area (Å²) in [7, 11) is 3.46. The first-order valence-corrected chi connectivity index (χ1v) is 13.8. The van der Waals surface area contributed by atoms with Crippen LogP contribution in [0.2, 0.25) is 0 Å². The summed E-state index contributed by atoms with van der Waals surface area (Å²) in [5.74, 6) is -1.23. The van der Waals surface area contributed by atoms with Crippen molar-refractivity contribution < 1.29 is 19.2 Å². The number of likely N-dealkylation sites (N-methyl/N-ethyl adjacent to an activating group) is 2. The average molecular weight is 554 g/mol. The lowest BCUT2D eigenvalue weighted by Crippen LogP contribution is -2.52. The number of hydrogen-bond donors (Lipinski definition) is 8. The molecule has 0 aliphatic rings. The van der Waals surface area contributed by atoms with Crippen molar-refractivity contribution in [2.45, 2.75) is 82.3 Å². The molecule has 3 atom stereocenters. The van der Waals surface area contributed by atoms with Gasteiger partial charge in [0.05, 0.1) is 18.4 Å². The van der Waals surface area contributed by atoms with Crippen LogP contribution in [0.3, 0.4) is 0 Å². The van der Waals surface area contributed by atoms with Crippen LogP contribution in [0.5, 0.6) is 0 Å². The third-order valence-corrected chi connectivity index (χ3v) is 6.20. The molecule has 0 bridgehead atoms. The molecule has 0 radical (unpaired) electrons. The van der Waals surface area contributed by atoms with E-state index >= 15 is 0 Å². The number of rotatable bonds is 25. The molecule has 0 fully saturated rings. The lowest BCUT2D eigenvalue weighted by molar-refractivity contribution is -0.130. The van der Waals surface area contributed by atoms with Crippen LogP contribution >= 0.6 is 0 Å². The van der Waals surface area contributed by atoms with Gasteiger partial charge in [0.15, 0.2) is 0 Å². The maximum Gasteiger partial charge on any atom is 0.242 e. The first-order chi connectivity index (χ1) is 18.8. The Hall–Kier alpha value is -3.19. The molecule has 0 saturated carbocycles. The van der Waals surface area contributed by atoms with Crippen molar-refractivity contribution in [1.82, 2.24) is 31.9 Å². The predicted octanol–water partition coefficient (Wildman–Crippen LogP) is -1.01. The average Bonchev–Trinajstić information content (AvgIpc) is 2.91. The highest BCUT2D eigenvalue weighted by atomic mass is 16.2. The molecule has 39 heavy (non-hydrogen) atoms. The minimum absolute atomic E-state index is 0.0141. The van der Waals surface area contributed by atoms with Crippen molar-refractivity contribution in [3.8, 4) is 0 Å². The number of nitrogens with one attached hydrogen (secondary N) is 6. The van der Waals surface area contributed by atoms with Gasteiger partial charge in [0.2, 0.25) is 23.6 Å². The van der Waals surface area contributed by atoms with Gasteiger partial charge in [0, 0.05) is 32.6 Å². The van der Waals surface area contributed by atoms with Crippen molar-refractivity contribution in [2.75, 3.05) is 40.3 Å².